The lowest BCUT2D eigenvalue weighted by Gasteiger charge is -2.37. The van der Waals surface area contributed by atoms with Crippen molar-refractivity contribution in [3.05, 3.63) is 41.5 Å². The molecule has 6 nitrogen and oxygen atoms in total. The number of aromatic nitrogens is 1. The second-order valence-corrected chi connectivity index (χ2v) is 8.27. The largest absolute Gasteiger partial charge is 0.441 e. The van der Waals surface area contributed by atoms with E-state index in [1.54, 1.807) is 32.2 Å². The first-order valence-corrected chi connectivity index (χ1v) is 10.2. The molecule has 0 bridgehead atoms. The summed E-state index contributed by atoms with van der Waals surface area (Å²) in [5, 5.41) is 3.05. The van der Waals surface area contributed by atoms with Crippen LogP contribution in [0.5, 0.6) is 0 Å². The number of aryl methyl sites for hydroxylation is 1. The van der Waals surface area contributed by atoms with E-state index in [4.69, 9.17) is 9.15 Å². The molecule has 1 saturated carbocycles. The van der Waals surface area contributed by atoms with E-state index in [0.717, 1.165) is 37.4 Å². The van der Waals surface area contributed by atoms with Crippen LogP contribution in [0.25, 0.3) is 11.5 Å². The van der Waals surface area contributed by atoms with Gasteiger partial charge < -0.3 is 14.5 Å². The molecule has 29 heavy (non-hydrogen) atoms. The van der Waals surface area contributed by atoms with Crippen LogP contribution in [0.1, 0.15) is 31.2 Å². The van der Waals surface area contributed by atoms with Gasteiger partial charge in [0.15, 0.2) is 0 Å². The van der Waals surface area contributed by atoms with E-state index in [-0.39, 0.29) is 23.9 Å². The Labute approximate surface area is 170 Å². The average molecular weight is 401 g/mol. The lowest BCUT2D eigenvalue weighted by atomic mass is 9.77. The van der Waals surface area contributed by atoms with Crippen molar-refractivity contribution in [2.45, 2.75) is 45.4 Å². The summed E-state index contributed by atoms with van der Waals surface area (Å²) in [6.07, 6.45) is 1.93. The smallest absolute Gasteiger partial charge is 0.229 e. The van der Waals surface area contributed by atoms with Crippen molar-refractivity contribution in [3.63, 3.8) is 0 Å². The van der Waals surface area contributed by atoms with Crippen molar-refractivity contribution >= 4 is 5.91 Å². The van der Waals surface area contributed by atoms with Crippen LogP contribution >= 0.6 is 0 Å². The molecule has 1 aliphatic carbocycles. The fourth-order valence-electron chi connectivity index (χ4n) is 4.85. The van der Waals surface area contributed by atoms with Crippen LogP contribution in [0.15, 0.2) is 28.7 Å². The Morgan fingerprint density at radius 2 is 2.03 bits per heavy atom. The number of nitrogens with one attached hydrogen (secondary N) is 1. The first-order chi connectivity index (χ1) is 13.9. The Kier molecular flexibility index (Phi) is 5.69. The second kappa shape index (κ2) is 8.24. The molecule has 0 spiro atoms. The maximum atomic E-state index is 14.1. The van der Waals surface area contributed by atoms with Crippen LogP contribution in [-0.4, -0.2) is 48.1 Å². The minimum absolute atomic E-state index is 0.00996. The number of oxazole rings is 1. The first kappa shape index (κ1) is 20.0. The number of nitrogens with zero attached hydrogens (tertiary/aromatic N) is 2. The quantitative estimate of drug-likeness (QED) is 0.834. The van der Waals surface area contributed by atoms with Crippen LogP contribution in [0, 0.1) is 24.6 Å². The van der Waals surface area contributed by atoms with E-state index in [0.29, 0.717) is 29.8 Å². The van der Waals surface area contributed by atoms with Crippen molar-refractivity contribution < 1.29 is 18.3 Å². The molecule has 4 atom stereocenters. The molecule has 1 aliphatic heterocycles. The highest BCUT2D eigenvalue weighted by molar-refractivity contribution is 5.73. The number of carbonyl (C=O) groups is 1. The summed E-state index contributed by atoms with van der Waals surface area (Å²) in [6.45, 7) is 6.04. The van der Waals surface area contributed by atoms with Gasteiger partial charge in [0.25, 0.3) is 0 Å². The van der Waals surface area contributed by atoms with Gasteiger partial charge in [0.05, 0.1) is 23.4 Å². The fourth-order valence-corrected chi connectivity index (χ4v) is 4.85. The van der Waals surface area contributed by atoms with Gasteiger partial charge in [-0.05, 0) is 43.7 Å². The average Bonchev–Trinajstić information content (AvgIpc) is 3.23. The molecule has 156 valence electrons. The highest BCUT2D eigenvalue weighted by atomic mass is 19.1. The fraction of sp³-hybridized carbons (Fsp3) is 0.545. The maximum Gasteiger partial charge on any atom is 0.229 e. The topological polar surface area (TPSA) is 67.6 Å². The van der Waals surface area contributed by atoms with Crippen molar-refractivity contribution in [2.24, 2.45) is 11.8 Å². The van der Waals surface area contributed by atoms with Gasteiger partial charge in [-0.1, -0.05) is 12.1 Å². The third kappa shape index (κ3) is 4.21. The summed E-state index contributed by atoms with van der Waals surface area (Å²) in [6, 6.07) is 6.60. The lowest BCUT2D eigenvalue weighted by Crippen LogP contribution is -2.49. The molecule has 7 heteroatoms. The maximum absolute atomic E-state index is 14.1. The minimum atomic E-state index is -0.331. The number of methoxy groups -OCH3 is 1. The van der Waals surface area contributed by atoms with Gasteiger partial charge in [0, 0.05) is 33.7 Å². The number of amides is 1. The lowest BCUT2D eigenvalue weighted by molar-refractivity contribution is -0.121. The Bertz CT molecular complexity index is 884. The molecule has 1 amide bonds. The molecule has 4 rings (SSSR count). The number of likely N-dealkylation sites (tertiary alicyclic amines) is 1. The first-order valence-electron chi connectivity index (χ1n) is 10.2. The van der Waals surface area contributed by atoms with E-state index in [9.17, 15) is 9.18 Å². The number of hydrogen-bond acceptors (Lipinski definition) is 5. The molecular formula is C22H28FN3O3. The molecule has 0 radical (unpaired) electrons. The Hall–Kier alpha value is -2.25. The summed E-state index contributed by atoms with van der Waals surface area (Å²) in [4.78, 5) is 18.5. The second-order valence-electron chi connectivity index (χ2n) is 8.27. The van der Waals surface area contributed by atoms with Crippen molar-refractivity contribution in [3.8, 4) is 11.5 Å². The van der Waals surface area contributed by atoms with Gasteiger partial charge in [-0.3, -0.25) is 9.69 Å². The van der Waals surface area contributed by atoms with Crippen molar-refractivity contribution in [1.82, 2.24) is 15.2 Å². The number of carbonyl (C=O) groups excluding carboxylic acids is 1. The zero-order valence-corrected chi connectivity index (χ0v) is 17.2. The van der Waals surface area contributed by atoms with Gasteiger partial charge in [-0.25, -0.2) is 9.37 Å². The highest BCUT2D eigenvalue weighted by Crippen LogP contribution is 2.38. The number of benzene rings is 1. The van der Waals surface area contributed by atoms with Gasteiger partial charge in [0.1, 0.15) is 11.6 Å². The zero-order chi connectivity index (χ0) is 20.5. The molecular weight excluding hydrogens is 373 g/mol. The van der Waals surface area contributed by atoms with E-state index in [1.165, 1.54) is 6.07 Å². The molecule has 2 fully saturated rings. The van der Waals surface area contributed by atoms with Gasteiger partial charge in [0.2, 0.25) is 11.8 Å². The molecule has 1 aromatic carbocycles. The summed E-state index contributed by atoms with van der Waals surface area (Å²) >= 11 is 0. The molecule has 0 unspecified atom stereocenters. The van der Waals surface area contributed by atoms with Crippen molar-refractivity contribution in [1.29, 1.82) is 0 Å². The standard InChI is InChI=1S/C22H28FN3O3/c1-13-20(25-22(29-13)17-6-4-5-7-18(17)23)12-26-10-15-8-19(24-14(2)27)21(28-3)9-16(15)11-26/h4-7,15-16,19,21H,8-12H2,1-3H3,(H,24,27)/t15-,16+,19-,21-/m1/s1. The third-order valence-electron chi connectivity index (χ3n) is 6.25. The predicted octanol–water partition coefficient (Wildman–Crippen LogP) is 3.15. The van der Waals surface area contributed by atoms with Crippen LogP contribution in [0.4, 0.5) is 4.39 Å². The van der Waals surface area contributed by atoms with Crippen LogP contribution in [0.2, 0.25) is 0 Å². The summed E-state index contributed by atoms with van der Waals surface area (Å²) < 4.78 is 25.5. The van der Waals surface area contributed by atoms with Gasteiger partial charge in [-0.2, -0.15) is 0 Å². The van der Waals surface area contributed by atoms with Gasteiger partial charge >= 0.3 is 0 Å². The van der Waals surface area contributed by atoms with E-state index >= 15 is 0 Å². The van der Waals surface area contributed by atoms with E-state index in [2.05, 4.69) is 15.2 Å². The Morgan fingerprint density at radius 1 is 1.31 bits per heavy atom. The third-order valence-corrected chi connectivity index (χ3v) is 6.25. The zero-order valence-electron chi connectivity index (χ0n) is 17.2. The Balaban J connectivity index is 1.44. The summed E-state index contributed by atoms with van der Waals surface area (Å²) in [5.41, 5.74) is 1.24. The van der Waals surface area contributed by atoms with Crippen LogP contribution in [0.3, 0.4) is 0 Å². The van der Waals surface area contributed by atoms with Gasteiger partial charge in [-0.15, -0.1) is 0 Å². The number of hydrogen-bond donors (Lipinski definition) is 1. The molecule has 2 heterocycles. The molecule has 1 aromatic heterocycles. The minimum Gasteiger partial charge on any atom is -0.441 e. The van der Waals surface area contributed by atoms with Crippen molar-refractivity contribution in [2.75, 3.05) is 20.2 Å². The molecule has 2 aromatic rings. The predicted molar refractivity (Wildman–Crippen MR) is 107 cm³/mol. The molecule has 1 N–H and O–H groups in total. The van der Waals surface area contributed by atoms with Crippen LogP contribution in [-0.2, 0) is 16.1 Å². The van der Waals surface area contributed by atoms with E-state index < -0.39 is 0 Å². The molecule has 2 aliphatic rings. The number of ether oxygens (including phenoxy) is 1. The number of fused-ring (bicyclic) bond motifs is 1. The Morgan fingerprint density at radius 3 is 2.72 bits per heavy atom. The normalized spacial score (nSPS) is 27.0. The summed E-state index contributed by atoms with van der Waals surface area (Å²) in [5.74, 6) is 1.78. The summed E-state index contributed by atoms with van der Waals surface area (Å²) in [7, 11) is 1.72. The monoisotopic (exact) mass is 401 g/mol. The highest BCUT2D eigenvalue weighted by Gasteiger charge is 2.42. The van der Waals surface area contributed by atoms with Crippen LogP contribution < -0.4 is 5.32 Å². The number of halogens is 1. The van der Waals surface area contributed by atoms with E-state index in [1.807, 2.05) is 6.92 Å². The number of rotatable bonds is 5. The SMILES string of the molecule is CO[C@@H]1C[C@H]2CN(Cc3nc(-c4ccccc4F)oc3C)C[C@H]2C[C@H]1NC(C)=O. The molecule has 1 saturated heterocycles.